The molecule has 0 fully saturated rings. The minimum absolute atomic E-state index is 0.330. The Kier molecular flexibility index (Phi) is 3.33. The third-order valence-corrected chi connectivity index (χ3v) is 2.51. The van der Waals surface area contributed by atoms with Crippen LogP contribution in [0.4, 0.5) is 5.69 Å². The number of nitrogens with one attached hydrogen (secondary N) is 1. The predicted molar refractivity (Wildman–Crippen MR) is 70.2 cm³/mol. The zero-order valence-electron chi connectivity index (χ0n) is 10.1. The van der Waals surface area contributed by atoms with E-state index in [0.29, 0.717) is 11.2 Å². The molecule has 0 aliphatic heterocycles. The lowest BCUT2D eigenvalue weighted by atomic mass is 10.1. The zero-order valence-corrected chi connectivity index (χ0v) is 10.9. The molecule has 0 aromatic carbocycles. The highest BCUT2D eigenvalue weighted by Crippen LogP contribution is 2.28. The maximum atomic E-state index is 5.92. The molecule has 0 saturated carbocycles. The summed E-state index contributed by atoms with van der Waals surface area (Å²) in [5, 5.41) is 8.20. The molecular formula is C12H15ClN4. The van der Waals surface area contributed by atoms with E-state index in [4.69, 9.17) is 11.6 Å². The van der Waals surface area contributed by atoms with Crippen molar-refractivity contribution >= 4 is 17.3 Å². The smallest absolute Gasteiger partial charge is 0.131 e. The van der Waals surface area contributed by atoms with Crippen LogP contribution in [0.5, 0.6) is 0 Å². The van der Waals surface area contributed by atoms with Gasteiger partial charge in [-0.15, -0.1) is 0 Å². The van der Waals surface area contributed by atoms with E-state index in [9.17, 15) is 0 Å². The molecule has 2 rings (SSSR count). The fraction of sp³-hybridized carbons (Fsp3) is 0.333. The van der Waals surface area contributed by atoms with Crippen LogP contribution in [0.25, 0.3) is 11.3 Å². The maximum absolute atomic E-state index is 5.92. The summed E-state index contributed by atoms with van der Waals surface area (Å²) in [5.74, 6) is 0. The van der Waals surface area contributed by atoms with Crippen molar-refractivity contribution in [3.8, 4) is 11.3 Å². The minimum Gasteiger partial charge on any atom is -0.382 e. The highest BCUT2D eigenvalue weighted by atomic mass is 35.5. The number of pyridine rings is 1. The predicted octanol–water partition coefficient (Wildman–Crippen LogP) is 2.96. The van der Waals surface area contributed by atoms with Crippen molar-refractivity contribution in [3.63, 3.8) is 0 Å². The number of halogens is 1. The summed E-state index contributed by atoms with van der Waals surface area (Å²) in [7, 11) is 1.89. The highest BCUT2D eigenvalue weighted by molar-refractivity contribution is 6.29. The van der Waals surface area contributed by atoms with Crippen molar-refractivity contribution in [2.75, 3.05) is 5.32 Å². The van der Waals surface area contributed by atoms with Crippen LogP contribution in [0.15, 0.2) is 24.5 Å². The molecule has 0 aliphatic rings. The van der Waals surface area contributed by atoms with Crippen LogP contribution < -0.4 is 5.32 Å². The molecule has 4 nitrogen and oxygen atoms in total. The molecule has 0 spiro atoms. The van der Waals surface area contributed by atoms with E-state index in [1.807, 2.05) is 25.4 Å². The lowest BCUT2D eigenvalue weighted by Gasteiger charge is -2.13. The summed E-state index contributed by atoms with van der Waals surface area (Å²) in [6.45, 7) is 4.16. The quantitative estimate of drug-likeness (QED) is 0.852. The van der Waals surface area contributed by atoms with Gasteiger partial charge in [-0.1, -0.05) is 11.6 Å². The second-order valence-electron chi connectivity index (χ2n) is 4.23. The van der Waals surface area contributed by atoms with Crippen molar-refractivity contribution in [3.05, 3.63) is 29.7 Å². The number of hydrogen-bond acceptors (Lipinski definition) is 3. The van der Waals surface area contributed by atoms with Gasteiger partial charge in [-0.3, -0.25) is 4.68 Å². The molecule has 0 unspecified atom stereocenters. The summed E-state index contributed by atoms with van der Waals surface area (Å²) < 4.78 is 1.77. The molecule has 0 bridgehead atoms. The van der Waals surface area contributed by atoms with Crippen LogP contribution in [-0.4, -0.2) is 20.8 Å². The Morgan fingerprint density at radius 2 is 2.18 bits per heavy atom. The summed E-state index contributed by atoms with van der Waals surface area (Å²) >= 11 is 5.92. The first-order valence-electron chi connectivity index (χ1n) is 5.48. The van der Waals surface area contributed by atoms with Gasteiger partial charge in [-0.05, 0) is 26.0 Å². The monoisotopic (exact) mass is 250 g/mol. The number of aryl methyl sites for hydroxylation is 1. The molecule has 0 amide bonds. The number of rotatable bonds is 3. The van der Waals surface area contributed by atoms with Gasteiger partial charge in [0.15, 0.2) is 0 Å². The van der Waals surface area contributed by atoms with Crippen LogP contribution >= 0.6 is 11.6 Å². The summed E-state index contributed by atoms with van der Waals surface area (Å²) in [4.78, 5) is 4.11. The first-order chi connectivity index (χ1) is 8.06. The Labute approximate surface area is 106 Å². The zero-order chi connectivity index (χ0) is 12.4. The van der Waals surface area contributed by atoms with E-state index in [1.165, 1.54) is 0 Å². The van der Waals surface area contributed by atoms with Gasteiger partial charge in [0.1, 0.15) is 5.15 Å². The Bertz CT molecular complexity index is 519. The topological polar surface area (TPSA) is 42.7 Å². The van der Waals surface area contributed by atoms with Crippen molar-refractivity contribution in [1.29, 1.82) is 0 Å². The van der Waals surface area contributed by atoms with Crippen LogP contribution in [-0.2, 0) is 7.05 Å². The van der Waals surface area contributed by atoms with Crippen molar-refractivity contribution in [2.24, 2.45) is 7.05 Å². The average Bonchev–Trinajstić information content (AvgIpc) is 2.64. The standard InChI is InChI=1S/C12H15ClN4/c1-8(2)15-11-6-12(13)14-7-9(11)10-4-5-17(3)16-10/h4-8H,1-3H3,(H,14,15). The Morgan fingerprint density at radius 1 is 1.41 bits per heavy atom. The fourth-order valence-corrected chi connectivity index (χ4v) is 1.78. The third kappa shape index (κ3) is 2.77. The molecule has 2 heterocycles. The second-order valence-corrected chi connectivity index (χ2v) is 4.61. The Hall–Kier alpha value is -1.55. The number of anilines is 1. The second kappa shape index (κ2) is 4.75. The highest BCUT2D eigenvalue weighted by Gasteiger charge is 2.10. The lowest BCUT2D eigenvalue weighted by Crippen LogP contribution is -2.11. The van der Waals surface area contributed by atoms with Gasteiger partial charge in [0.25, 0.3) is 0 Å². The van der Waals surface area contributed by atoms with Gasteiger partial charge in [-0.25, -0.2) is 4.98 Å². The van der Waals surface area contributed by atoms with Crippen LogP contribution in [0, 0.1) is 0 Å². The Morgan fingerprint density at radius 3 is 2.76 bits per heavy atom. The van der Waals surface area contributed by atoms with E-state index in [2.05, 4.69) is 29.2 Å². The molecule has 0 radical (unpaired) electrons. The van der Waals surface area contributed by atoms with E-state index in [-0.39, 0.29) is 0 Å². The van der Waals surface area contributed by atoms with Gasteiger partial charge in [0.05, 0.1) is 5.69 Å². The molecule has 1 N–H and O–H groups in total. The van der Waals surface area contributed by atoms with Crippen LogP contribution in [0.3, 0.4) is 0 Å². The number of nitrogens with zero attached hydrogens (tertiary/aromatic N) is 3. The van der Waals surface area contributed by atoms with Crippen molar-refractivity contribution in [1.82, 2.24) is 14.8 Å². The number of hydrogen-bond donors (Lipinski definition) is 1. The molecular weight excluding hydrogens is 236 g/mol. The maximum Gasteiger partial charge on any atom is 0.131 e. The van der Waals surface area contributed by atoms with Crippen molar-refractivity contribution in [2.45, 2.75) is 19.9 Å². The van der Waals surface area contributed by atoms with E-state index >= 15 is 0 Å². The summed E-state index contributed by atoms with van der Waals surface area (Å²) in [6, 6.07) is 4.11. The van der Waals surface area contributed by atoms with Gasteiger partial charge >= 0.3 is 0 Å². The largest absolute Gasteiger partial charge is 0.382 e. The average molecular weight is 251 g/mol. The first-order valence-corrected chi connectivity index (χ1v) is 5.86. The molecule has 5 heteroatoms. The molecule has 2 aromatic rings. The minimum atomic E-state index is 0.330. The third-order valence-electron chi connectivity index (χ3n) is 2.30. The van der Waals surface area contributed by atoms with Gasteiger partial charge in [0.2, 0.25) is 0 Å². The first kappa shape index (κ1) is 11.9. The molecule has 2 aromatic heterocycles. The Balaban J connectivity index is 2.45. The molecule has 0 aliphatic carbocycles. The molecule has 0 saturated heterocycles. The van der Waals surface area contributed by atoms with Gasteiger partial charge in [0, 0.05) is 36.7 Å². The van der Waals surface area contributed by atoms with Gasteiger partial charge in [-0.2, -0.15) is 5.10 Å². The van der Waals surface area contributed by atoms with E-state index < -0.39 is 0 Å². The van der Waals surface area contributed by atoms with Crippen molar-refractivity contribution < 1.29 is 0 Å². The lowest BCUT2D eigenvalue weighted by molar-refractivity contribution is 0.770. The van der Waals surface area contributed by atoms with Crippen LogP contribution in [0.2, 0.25) is 5.15 Å². The molecule has 17 heavy (non-hydrogen) atoms. The SMILES string of the molecule is CC(C)Nc1cc(Cl)ncc1-c1ccn(C)n1. The molecule has 90 valence electrons. The van der Waals surface area contributed by atoms with Gasteiger partial charge < -0.3 is 5.32 Å². The molecule has 0 atom stereocenters. The fourth-order valence-electron chi connectivity index (χ4n) is 1.62. The van der Waals surface area contributed by atoms with Crippen LogP contribution in [0.1, 0.15) is 13.8 Å². The normalized spacial score (nSPS) is 10.9. The summed E-state index contributed by atoms with van der Waals surface area (Å²) in [6.07, 6.45) is 3.65. The summed E-state index contributed by atoms with van der Waals surface area (Å²) in [5.41, 5.74) is 2.81. The van der Waals surface area contributed by atoms with E-state index in [0.717, 1.165) is 16.9 Å². The van der Waals surface area contributed by atoms with E-state index in [1.54, 1.807) is 10.9 Å². The number of aromatic nitrogens is 3.